The molecular formula is C13H19N2O5P. The summed E-state index contributed by atoms with van der Waals surface area (Å²) in [5, 5.41) is 19.9. The Hall–Kier alpha value is -1.87. The first-order valence-corrected chi connectivity index (χ1v) is 7.96. The first-order chi connectivity index (χ1) is 9.76. The van der Waals surface area contributed by atoms with Gasteiger partial charge < -0.3 is 20.2 Å². The molecule has 0 aliphatic rings. The van der Waals surface area contributed by atoms with Gasteiger partial charge in [0.15, 0.2) is 5.66 Å². The van der Waals surface area contributed by atoms with E-state index in [0.717, 1.165) is 12.2 Å². The van der Waals surface area contributed by atoms with Crippen LogP contribution in [0.15, 0.2) is 24.3 Å². The van der Waals surface area contributed by atoms with E-state index in [0.29, 0.717) is 5.56 Å². The van der Waals surface area contributed by atoms with Crippen molar-refractivity contribution in [3.63, 3.8) is 0 Å². The summed E-state index contributed by atoms with van der Waals surface area (Å²) in [5.74, 6) is -1.45. The monoisotopic (exact) mass is 314 g/mol. The van der Waals surface area contributed by atoms with Crippen LogP contribution >= 0.6 is 7.60 Å². The maximum absolute atomic E-state index is 10.3. The molecule has 0 spiro atoms. The van der Waals surface area contributed by atoms with Crippen molar-refractivity contribution < 1.29 is 24.3 Å². The van der Waals surface area contributed by atoms with Crippen LogP contribution in [-0.4, -0.2) is 33.1 Å². The second-order valence-electron chi connectivity index (χ2n) is 4.07. The smallest absolute Gasteiger partial charge is 0.339 e. The fourth-order valence-electron chi connectivity index (χ4n) is 1.42. The van der Waals surface area contributed by atoms with Gasteiger partial charge in [0.25, 0.3) is 0 Å². The second-order valence-corrected chi connectivity index (χ2v) is 5.87. The molecule has 0 amide bonds. The van der Waals surface area contributed by atoms with Gasteiger partial charge in [-0.1, -0.05) is 6.92 Å². The first kappa shape index (κ1) is 19.1. The molecule has 116 valence electrons. The van der Waals surface area contributed by atoms with Gasteiger partial charge in [0, 0.05) is 12.2 Å². The highest BCUT2D eigenvalue weighted by atomic mass is 31.2. The molecule has 0 saturated heterocycles. The highest BCUT2D eigenvalue weighted by Crippen LogP contribution is 2.42. The number of carboxylic acid groups (broad SMARTS) is 1. The fraction of sp³-hybridized carbons (Fsp3) is 0.385. The lowest BCUT2D eigenvalue weighted by atomic mass is 10.2. The molecule has 1 aromatic rings. The van der Waals surface area contributed by atoms with Crippen molar-refractivity contribution in [3.8, 4) is 6.07 Å². The summed E-state index contributed by atoms with van der Waals surface area (Å²) >= 11 is 0. The normalized spacial score (nSPS) is 11.6. The van der Waals surface area contributed by atoms with Gasteiger partial charge in [0.05, 0.1) is 11.6 Å². The van der Waals surface area contributed by atoms with E-state index in [9.17, 15) is 9.36 Å². The molecule has 0 aliphatic heterocycles. The van der Waals surface area contributed by atoms with Gasteiger partial charge >= 0.3 is 13.6 Å². The third kappa shape index (κ3) is 7.47. The Morgan fingerprint density at radius 2 is 1.86 bits per heavy atom. The summed E-state index contributed by atoms with van der Waals surface area (Å²) < 4.78 is 10.3. The fourth-order valence-corrected chi connectivity index (χ4v) is 2.19. The van der Waals surface area contributed by atoms with Crippen molar-refractivity contribution in [2.45, 2.75) is 25.9 Å². The molecule has 0 fully saturated rings. The van der Waals surface area contributed by atoms with Crippen molar-refractivity contribution >= 4 is 19.3 Å². The van der Waals surface area contributed by atoms with Crippen LogP contribution in [-0.2, 0) is 9.36 Å². The Labute approximate surface area is 123 Å². The Morgan fingerprint density at radius 1 is 1.33 bits per heavy atom. The largest absolute Gasteiger partial charge is 0.481 e. The zero-order chi connectivity index (χ0) is 16.5. The number of aliphatic carboxylic acids is 1. The molecule has 1 aromatic carbocycles. The molecule has 7 nitrogen and oxygen atoms in total. The minimum atomic E-state index is -4.43. The Bertz CT molecular complexity index is 532. The quantitative estimate of drug-likeness (QED) is 0.611. The predicted molar refractivity (Wildman–Crippen MR) is 79.1 cm³/mol. The lowest BCUT2D eigenvalue weighted by Crippen LogP contribution is -2.18. The molecule has 4 N–H and O–H groups in total. The number of nitrogens with zero attached hydrogens (tertiary/aromatic N) is 1. The Morgan fingerprint density at radius 3 is 2.10 bits per heavy atom. The number of anilines is 1. The zero-order valence-electron chi connectivity index (χ0n) is 11.9. The number of carboxylic acids is 1. The van der Waals surface area contributed by atoms with E-state index in [1.807, 2.05) is 19.1 Å². The van der Waals surface area contributed by atoms with Crippen molar-refractivity contribution in [2.75, 3.05) is 11.9 Å². The average molecular weight is 314 g/mol. The molecule has 0 radical (unpaired) electrons. The number of hydrogen-bond donors (Lipinski definition) is 4. The number of benzene rings is 1. The van der Waals surface area contributed by atoms with Gasteiger partial charge in [-0.15, -0.1) is 0 Å². The molecule has 8 heteroatoms. The minimum Gasteiger partial charge on any atom is -0.481 e. The number of carbonyl (C=O) groups is 1. The van der Waals surface area contributed by atoms with E-state index in [4.69, 9.17) is 20.2 Å². The van der Waals surface area contributed by atoms with E-state index in [2.05, 4.69) is 11.4 Å². The Balaban J connectivity index is 0.000000384. The van der Waals surface area contributed by atoms with Crippen LogP contribution in [0.4, 0.5) is 5.69 Å². The molecule has 21 heavy (non-hydrogen) atoms. The first-order valence-electron chi connectivity index (χ1n) is 6.28. The maximum atomic E-state index is 10.3. The zero-order valence-corrected chi connectivity index (χ0v) is 12.7. The lowest BCUT2D eigenvalue weighted by molar-refractivity contribution is -0.136. The van der Waals surface area contributed by atoms with Crippen LogP contribution < -0.4 is 5.32 Å². The van der Waals surface area contributed by atoms with Gasteiger partial charge in [-0.05, 0) is 37.6 Å². The van der Waals surface area contributed by atoms with E-state index in [1.54, 1.807) is 12.1 Å². The lowest BCUT2D eigenvalue weighted by Gasteiger charge is -2.10. The molecule has 0 aromatic heterocycles. The summed E-state index contributed by atoms with van der Waals surface area (Å²) in [6.45, 7) is 4.36. The SMILES string of the molecule is CCC(C(=O)O)P(=O)(O)O.CCNc1ccc(C#N)cc1. The molecule has 1 unspecified atom stereocenters. The maximum Gasteiger partial charge on any atom is 0.339 e. The van der Waals surface area contributed by atoms with Crippen molar-refractivity contribution in [2.24, 2.45) is 0 Å². The standard InChI is InChI=1S/C9H10N2.C4H9O5P/c1-2-11-9-5-3-8(7-10)4-6-9;1-2-3(4(5)6)10(7,8)9/h3-6,11H,2H2,1H3;3H,2H2,1H3,(H,5,6)(H2,7,8,9). The van der Waals surface area contributed by atoms with Crippen LogP contribution in [0.25, 0.3) is 0 Å². The van der Waals surface area contributed by atoms with Gasteiger partial charge in [0.1, 0.15) is 0 Å². The third-order valence-corrected chi connectivity index (χ3v) is 3.87. The molecule has 0 aliphatic carbocycles. The van der Waals surface area contributed by atoms with Crippen molar-refractivity contribution in [1.82, 2.24) is 0 Å². The predicted octanol–water partition coefficient (Wildman–Crippen LogP) is 2.02. The van der Waals surface area contributed by atoms with Crippen LogP contribution in [0.2, 0.25) is 0 Å². The summed E-state index contributed by atoms with van der Waals surface area (Å²) in [4.78, 5) is 26.8. The number of rotatable bonds is 5. The van der Waals surface area contributed by atoms with Crippen LogP contribution in [0.3, 0.4) is 0 Å². The molecule has 0 saturated carbocycles. The van der Waals surface area contributed by atoms with E-state index in [1.165, 1.54) is 6.92 Å². The second kappa shape index (κ2) is 9.14. The summed E-state index contributed by atoms with van der Waals surface area (Å²) in [6, 6.07) is 9.49. The summed E-state index contributed by atoms with van der Waals surface area (Å²) in [5.41, 5.74) is 0.214. The van der Waals surface area contributed by atoms with Gasteiger partial charge in [-0.3, -0.25) is 9.36 Å². The highest BCUT2D eigenvalue weighted by Gasteiger charge is 2.33. The molecule has 0 bridgehead atoms. The van der Waals surface area contributed by atoms with Gasteiger partial charge in [0.2, 0.25) is 0 Å². The van der Waals surface area contributed by atoms with Crippen LogP contribution in [0.5, 0.6) is 0 Å². The molecular weight excluding hydrogens is 295 g/mol. The topological polar surface area (TPSA) is 131 Å². The molecule has 0 heterocycles. The number of nitriles is 1. The van der Waals surface area contributed by atoms with E-state index < -0.39 is 19.2 Å². The van der Waals surface area contributed by atoms with Crippen LogP contribution in [0, 0.1) is 11.3 Å². The third-order valence-electron chi connectivity index (χ3n) is 2.47. The minimum absolute atomic E-state index is 0.0559. The average Bonchev–Trinajstić information content (AvgIpc) is 2.39. The number of nitrogens with one attached hydrogen (secondary N) is 1. The van der Waals surface area contributed by atoms with Crippen LogP contribution in [0.1, 0.15) is 25.8 Å². The Kier molecular flexibility index (Phi) is 8.32. The molecule has 1 rings (SSSR count). The van der Waals surface area contributed by atoms with E-state index in [-0.39, 0.29) is 6.42 Å². The highest BCUT2D eigenvalue weighted by molar-refractivity contribution is 7.53. The van der Waals surface area contributed by atoms with Gasteiger partial charge in [-0.25, -0.2) is 0 Å². The number of hydrogen-bond acceptors (Lipinski definition) is 4. The molecule has 1 atom stereocenters. The van der Waals surface area contributed by atoms with E-state index >= 15 is 0 Å². The van der Waals surface area contributed by atoms with Gasteiger partial charge in [-0.2, -0.15) is 5.26 Å². The summed E-state index contributed by atoms with van der Waals surface area (Å²) in [6.07, 6.45) is -0.0559. The van der Waals surface area contributed by atoms with Crippen molar-refractivity contribution in [3.05, 3.63) is 29.8 Å². The summed E-state index contributed by atoms with van der Waals surface area (Å²) in [7, 11) is -4.43. The van der Waals surface area contributed by atoms with Crippen molar-refractivity contribution in [1.29, 1.82) is 5.26 Å².